The van der Waals surface area contributed by atoms with E-state index in [0.717, 1.165) is 17.0 Å². The molecule has 0 unspecified atom stereocenters. The van der Waals surface area contributed by atoms with Crippen LogP contribution in [-0.4, -0.2) is 54.6 Å². The van der Waals surface area contributed by atoms with Gasteiger partial charge in [-0.05, 0) is 49.2 Å². The highest BCUT2D eigenvalue weighted by Gasteiger charge is 2.14. The number of nitrogens with one attached hydrogen (secondary N) is 1. The first-order valence-electron chi connectivity index (χ1n) is 10.5. The summed E-state index contributed by atoms with van der Waals surface area (Å²) in [6.07, 6.45) is 3.95. The van der Waals surface area contributed by atoms with Crippen molar-refractivity contribution in [3.63, 3.8) is 0 Å². The molecule has 0 atom stereocenters. The maximum absolute atomic E-state index is 12.7. The van der Waals surface area contributed by atoms with Crippen LogP contribution in [0.3, 0.4) is 0 Å². The summed E-state index contributed by atoms with van der Waals surface area (Å²) < 4.78 is 0. The number of hydrogen-bond donors (Lipinski definition) is 1. The van der Waals surface area contributed by atoms with Gasteiger partial charge in [0, 0.05) is 32.1 Å². The van der Waals surface area contributed by atoms with Crippen LogP contribution in [0.2, 0.25) is 0 Å². The normalized spacial score (nSPS) is 14.3. The summed E-state index contributed by atoms with van der Waals surface area (Å²) in [4.78, 5) is 29.5. The van der Waals surface area contributed by atoms with Crippen molar-refractivity contribution < 1.29 is 9.59 Å². The van der Waals surface area contributed by atoms with Gasteiger partial charge in [-0.15, -0.1) is 11.8 Å². The van der Waals surface area contributed by atoms with E-state index >= 15 is 0 Å². The van der Waals surface area contributed by atoms with E-state index in [1.807, 2.05) is 18.2 Å². The maximum Gasteiger partial charge on any atom is 0.252 e. The molecule has 1 heterocycles. The van der Waals surface area contributed by atoms with E-state index in [-0.39, 0.29) is 11.8 Å². The van der Waals surface area contributed by atoms with Gasteiger partial charge < -0.3 is 10.2 Å². The number of carbonyl (C=O) groups is 2. The zero-order valence-corrected chi connectivity index (χ0v) is 18.7. The molecule has 0 saturated carbocycles. The fourth-order valence-corrected chi connectivity index (χ4v) is 4.49. The molecular weight excluding hydrogens is 394 g/mol. The van der Waals surface area contributed by atoms with Crippen LogP contribution < -0.4 is 5.32 Å². The molecule has 0 radical (unpaired) electrons. The topological polar surface area (TPSA) is 52.7 Å². The third-order valence-electron chi connectivity index (χ3n) is 5.31. The fraction of sp³-hybridized carbons (Fsp3) is 0.417. The summed E-state index contributed by atoms with van der Waals surface area (Å²) >= 11 is 1.40. The van der Waals surface area contributed by atoms with Crippen molar-refractivity contribution in [2.24, 2.45) is 0 Å². The van der Waals surface area contributed by atoms with Crippen molar-refractivity contribution in [2.75, 3.05) is 32.9 Å². The Bertz CT molecular complexity index is 846. The van der Waals surface area contributed by atoms with Gasteiger partial charge in [0.15, 0.2) is 0 Å². The van der Waals surface area contributed by atoms with Crippen molar-refractivity contribution in [2.45, 2.75) is 37.2 Å². The van der Waals surface area contributed by atoms with Crippen molar-refractivity contribution in [1.82, 2.24) is 15.1 Å². The molecule has 1 aliphatic heterocycles. The summed E-state index contributed by atoms with van der Waals surface area (Å²) in [5.74, 6) is 0.225. The highest BCUT2D eigenvalue weighted by atomic mass is 32.2. The van der Waals surface area contributed by atoms with E-state index in [9.17, 15) is 9.59 Å². The lowest BCUT2D eigenvalue weighted by molar-refractivity contribution is -0.125. The SMILES string of the molecule is CN(C)C(=O)CSc1ccccc1C(=O)NCc1ccc(CN2CCCCC2)cc1. The van der Waals surface area contributed by atoms with Gasteiger partial charge >= 0.3 is 0 Å². The number of likely N-dealkylation sites (tertiary alicyclic amines) is 1. The van der Waals surface area contributed by atoms with Crippen LogP contribution in [0.15, 0.2) is 53.4 Å². The molecule has 1 aliphatic rings. The lowest BCUT2D eigenvalue weighted by Crippen LogP contribution is -2.29. The van der Waals surface area contributed by atoms with Gasteiger partial charge in [0.05, 0.1) is 11.3 Å². The maximum atomic E-state index is 12.7. The molecule has 6 heteroatoms. The van der Waals surface area contributed by atoms with Gasteiger partial charge in [-0.2, -0.15) is 0 Å². The van der Waals surface area contributed by atoms with E-state index in [4.69, 9.17) is 0 Å². The minimum absolute atomic E-state index is 0.0276. The Morgan fingerprint density at radius 1 is 0.967 bits per heavy atom. The number of carbonyl (C=O) groups excluding carboxylic acids is 2. The number of rotatable bonds is 8. The molecule has 0 aliphatic carbocycles. The number of piperidine rings is 1. The molecule has 2 aromatic rings. The molecule has 0 spiro atoms. The molecule has 1 fully saturated rings. The van der Waals surface area contributed by atoms with Crippen LogP contribution >= 0.6 is 11.8 Å². The van der Waals surface area contributed by atoms with Crippen LogP contribution in [0.5, 0.6) is 0 Å². The Kier molecular flexibility index (Phi) is 8.34. The Morgan fingerprint density at radius 2 is 1.63 bits per heavy atom. The molecule has 30 heavy (non-hydrogen) atoms. The molecule has 2 aromatic carbocycles. The summed E-state index contributed by atoms with van der Waals surface area (Å²) in [6.45, 7) is 3.87. The highest BCUT2D eigenvalue weighted by Crippen LogP contribution is 2.23. The number of benzene rings is 2. The Hall–Kier alpha value is -2.31. The van der Waals surface area contributed by atoms with Gasteiger partial charge in [0.1, 0.15) is 0 Å². The third-order valence-corrected chi connectivity index (χ3v) is 6.37. The molecule has 2 amide bonds. The molecule has 3 rings (SSSR count). The average molecular weight is 426 g/mol. The second kappa shape index (κ2) is 11.2. The van der Waals surface area contributed by atoms with E-state index in [1.165, 1.54) is 49.7 Å². The predicted octanol–water partition coefficient (Wildman–Crippen LogP) is 3.78. The van der Waals surface area contributed by atoms with E-state index in [2.05, 4.69) is 34.5 Å². The summed E-state index contributed by atoms with van der Waals surface area (Å²) in [7, 11) is 3.47. The van der Waals surface area contributed by atoms with Crippen LogP contribution in [0, 0.1) is 0 Å². The average Bonchev–Trinajstić information content (AvgIpc) is 2.77. The van der Waals surface area contributed by atoms with Gasteiger partial charge in [-0.1, -0.05) is 42.8 Å². The molecule has 1 saturated heterocycles. The Balaban J connectivity index is 1.53. The van der Waals surface area contributed by atoms with E-state index < -0.39 is 0 Å². The first-order valence-corrected chi connectivity index (χ1v) is 11.5. The lowest BCUT2D eigenvalue weighted by Gasteiger charge is -2.26. The van der Waals surface area contributed by atoms with Crippen molar-refractivity contribution >= 4 is 23.6 Å². The Morgan fingerprint density at radius 3 is 2.33 bits per heavy atom. The Labute approximate surface area is 183 Å². The van der Waals surface area contributed by atoms with Gasteiger partial charge in [0.25, 0.3) is 5.91 Å². The number of hydrogen-bond acceptors (Lipinski definition) is 4. The number of amides is 2. The summed E-state index contributed by atoms with van der Waals surface area (Å²) in [5.41, 5.74) is 3.01. The quantitative estimate of drug-likeness (QED) is 0.654. The lowest BCUT2D eigenvalue weighted by atomic mass is 10.1. The van der Waals surface area contributed by atoms with Crippen LogP contribution in [0.1, 0.15) is 40.7 Å². The summed E-state index contributed by atoms with van der Waals surface area (Å²) in [6, 6.07) is 15.9. The molecule has 5 nitrogen and oxygen atoms in total. The monoisotopic (exact) mass is 425 g/mol. The standard InChI is InChI=1S/C24H31N3O2S/c1-26(2)23(28)18-30-22-9-5-4-8-21(22)24(29)25-16-19-10-12-20(13-11-19)17-27-14-6-3-7-15-27/h4-5,8-13H,3,6-7,14-18H2,1-2H3,(H,25,29). The molecule has 160 valence electrons. The van der Waals surface area contributed by atoms with Crippen molar-refractivity contribution in [3.05, 3.63) is 65.2 Å². The smallest absolute Gasteiger partial charge is 0.252 e. The molecule has 0 aromatic heterocycles. The van der Waals surface area contributed by atoms with Crippen molar-refractivity contribution in [1.29, 1.82) is 0 Å². The van der Waals surface area contributed by atoms with E-state index in [0.29, 0.717) is 17.9 Å². The first-order chi connectivity index (χ1) is 14.5. The van der Waals surface area contributed by atoms with Crippen molar-refractivity contribution in [3.8, 4) is 0 Å². The number of thioether (sulfide) groups is 1. The first kappa shape index (κ1) is 22.4. The highest BCUT2D eigenvalue weighted by molar-refractivity contribution is 8.00. The fourth-order valence-electron chi connectivity index (χ4n) is 3.46. The van der Waals surface area contributed by atoms with Crippen LogP contribution in [0.25, 0.3) is 0 Å². The second-order valence-corrected chi connectivity index (χ2v) is 8.93. The second-order valence-electron chi connectivity index (χ2n) is 7.91. The third kappa shape index (κ3) is 6.61. The van der Waals surface area contributed by atoms with Gasteiger partial charge in [0.2, 0.25) is 5.91 Å². The minimum Gasteiger partial charge on any atom is -0.348 e. The molecular formula is C24H31N3O2S. The van der Waals surface area contributed by atoms with Crippen LogP contribution in [-0.2, 0) is 17.9 Å². The largest absolute Gasteiger partial charge is 0.348 e. The van der Waals surface area contributed by atoms with Crippen LogP contribution in [0.4, 0.5) is 0 Å². The molecule has 0 bridgehead atoms. The minimum atomic E-state index is -0.118. The zero-order valence-electron chi connectivity index (χ0n) is 17.9. The van der Waals surface area contributed by atoms with Gasteiger partial charge in [-0.3, -0.25) is 14.5 Å². The summed E-state index contributed by atoms with van der Waals surface area (Å²) in [5, 5.41) is 3.01. The molecule has 1 N–H and O–H groups in total. The van der Waals surface area contributed by atoms with Gasteiger partial charge in [-0.25, -0.2) is 0 Å². The predicted molar refractivity (Wildman–Crippen MR) is 123 cm³/mol. The number of nitrogens with zero attached hydrogens (tertiary/aromatic N) is 2. The van der Waals surface area contributed by atoms with E-state index in [1.54, 1.807) is 25.1 Å². The zero-order chi connectivity index (χ0) is 21.3.